The number of nitrogens with zero attached hydrogens (tertiary/aromatic N) is 1. The molecule has 1 aliphatic heterocycles. The second kappa shape index (κ2) is 13.2. The number of fused-ring (bicyclic) bond motifs is 1. The first-order valence-electron chi connectivity index (χ1n) is 11.3. The van der Waals surface area contributed by atoms with Gasteiger partial charge in [0.1, 0.15) is 0 Å². The SMILES string of the molecule is CCCCNC(=O)Nc1cccc2c1CN(C)CC2c1ccc(C)cc1.O=C(O)/C=C\C(=O)O. The molecular formula is C26H33N3O5. The molecule has 0 saturated heterocycles. The fraction of sp³-hybridized carbons (Fsp3) is 0.346. The van der Waals surface area contributed by atoms with Crippen molar-refractivity contribution in [2.75, 3.05) is 25.5 Å². The van der Waals surface area contributed by atoms with Crippen LogP contribution in [0.2, 0.25) is 0 Å². The summed E-state index contributed by atoms with van der Waals surface area (Å²) in [5, 5.41) is 21.6. The van der Waals surface area contributed by atoms with Gasteiger partial charge in [0.25, 0.3) is 0 Å². The second-order valence-electron chi connectivity index (χ2n) is 8.28. The summed E-state index contributed by atoms with van der Waals surface area (Å²) in [6, 6.07) is 14.9. The number of nitrogens with one attached hydrogen (secondary N) is 2. The molecule has 8 heteroatoms. The van der Waals surface area contributed by atoms with E-state index in [4.69, 9.17) is 10.2 Å². The summed E-state index contributed by atoms with van der Waals surface area (Å²) < 4.78 is 0. The normalized spacial score (nSPS) is 15.1. The number of carboxylic acids is 2. The van der Waals surface area contributed by atoms with E-state index in [2.05, 4.69) is 66.8 Å². The lowest BCUT2D eigenvalue weighted by Gasteiger charge is -2.34. The van der Waals surface area contributed by atoms with Gasteiger partial charge < -0.3 is 25.7 Å². The lowest BCUT2D eigenvalue weighted by atomic mass is 9.84. The number of carbonyl (C=O) groups excluding carboxylic acids is 1. The smallest absolute Gasteiger partial charge is 0.328 e. The number of unbranched alkanes of at least 4 members (excludes halogenated alkanes) is 1. The van der Waals surface area contributed by atoms with E-state index in [1.807, 2.05) is 12.1 Å². The van der Waals surface area contributed by atoms with Gasteiger partial charge in [-0.15, -0.1) is 0 Å². The van der Waals surface area contributed by atoms with Crippen LogP contribution in [0.1, 0.15) is 47.9 Å². The number of hydrogen-bond acceptors (Lipinski definition) is 4. The minimum absolute atomic E-state index is 0.119. The molecule has 0 aromatic heterocycles. The van der Waals surface area contributed by atoms with E-state index in [-0.39, 0.29) is 6.03 Å². The summed E-state index contributed by atoms with van der Waals surface area (Å²) in [4.78, 5) is 33.6. The van der Waals surface area contributed by atoms with Crippen molar-refractivity contribution in [3.63, 3.8) is 0 Å². The molecule has 34 heavy (non-hydrogen) atoms. The summed E-state index contributed by atoms with van der Waals surface area (Å²) in [5.41, 5.74) is 6.06. The number of benzene rings is 2. The quantitative estimate of drug-likeness (QED) is 0.358. The highest BCUT2D eigenvalue weighted by molar-refractivity contribution is 5.90. The predicted octanol–water partition coefficient (Wildman–Crippen LogP) is 4.21. The monoisotopic (exact) mass is 467 g/mol. The molecule has 0 aliphatic carbocycles. The van der Waals surface area contributed by atoms with Crippen LogP contribution < -0.4 is 10.6 Å². The first-order valence-corrected chi connectivity index (χ1v) is 11.3. The fourth-order valence-electron chi connectivity index (χ4n) is 3.74. The van der Waals surface area contributed by atoms with Crippen molar-refractivity contribution in [2.24, 2.45) is 0 Å². The number of urea groups is 1. The molecule has 8 nitrogen and oxygen atoms in total. The third kappa shape index (κ3) is 8.37. The van der Waals surface area contributed by atoms with Crippen molar-refractivity contribution < 1.29 is 24.6 Å². The Morgan fingerprint density at radius 2 is 1.71 bits per heavy atom. The Morgan fingerprint density at radius 3 is 2.29 bits per heavy atom. The van der Waals surface area contributed by atoms with Gasteiger partial charge in [-0.05, 0) is 43.1 Å². The molecule has 3 rings (SSSR count). The Labute approximate surface area is 200 Å². The van der Waals surface area contributed by atoms with Crippen molar-refractivity contribution >= 4 is 23.7 Å². The molecule has 1 atom stereocenters. The number of aryl methyl sites for hydroxylation is 1. The molecular weight excluding hydrogens is 434 g/mol. The van der Waals surface area contributed by atoms with Crippen molar-refractivity contribution in [2.45, 2.75) is 39.2 Å². The van der Waals surface area contributed by atoms with Gasteiger partial charge in [-0.1, -0.05) is 55.3 Å². The van der Waals surface area contributed by atoms with E-state index >= 15 is 0 Å². The van der Waals surface area contributed by atoms with Gasteiger partial charge in [-0.2, -0.15) is 0 Å². The van der Waals surface area contributed by atoms with E-state index < -0.39 is 11.9 Å². The lowest BCUT2D eigenvalue weighted by molar-refractivity contribution is -0.134. The van der Waals surface area contributed by atoms with E-state index in [0.29, 0.717) is 24.6 Å². The highest BCUT2D eigenvalue weighted by atomic mass is 16.4. The number of hydrogen-bond donors (Lipinski definition) is 4. The highest BCUT2D eigenvalue weighted by Crippen LogP contribution is 2.36. The number of likely N-dealkylation sites (N-methyl/N-ethyl adjacent to an activating group) is 1. The maximum Gasteiger partial charge on any atom is 0.328 e. The molecule has 1 unspecified atom stereocenters. The van der Waals surface area contributed by atoms with E-state index in [1.165, 1.54) is 22.3 Å². The van der Waals surface area contributed by atoms with Crippen LogP contribution in [0.3, 0.4) is 0 Å². The average Bonchev–Trinajstić information content (AvgIpc) is 2.79. The first-order chi connectivity index (χ1) is 16.2. The summed E-state index contributed by atoms with van der Waals surface area (Å²) in [6.07, 6.45) is 3.19. The predicted molar refractivity (Wildman–Crippen MR) is 132 cm³/mol. The summed E-state index contributed by atoms with van der Waals surface area (Å²) in [6.45, 7) is 6.78. The summed E-state index contributed by atoms with van der Waals surface area (Å²) in [5.74, 6) is -2.19. The van der Waals surface area contributed by atoms with Gasteiger partial charge in [0.15, 0.2) is 0 Å². The molecule has 1 aliphatic rings. The molecule has 0 saturated carbocycles. The van der Waals surface area contributed by atoms with Crippen molar-refractivity contribution in [3.05, 3.63) is 76.9 Å². The van der Waals surface area contributed by atoms with Crippen LogP contribution >= 0.6 is 0 Å². The van der Waals surface area contributed by atoms with Crippen LogP contribution in [0.15, 0.2) is 54.6 Å². The van der Waals surface area contributed by atoms with E-state index in [9.17, 15) is 14.4 Å². The fourth-order valence-corrected chi connectivity index (χ4v) is 3.74. The second-order valence-corrected chi connectivity index (χ2v) is 8.28. The summed E-state index contributed by atoms with van der Waals surface area (Å²) in [7, 11) is 2.14. The van der Waals surface area contributed by atoms with Crippen LogP contribution in [-0.2, 0) is 16.1 Å². The van der Waals surface area contributed by atoms with Crippen LogP contribution in [-0.4, -0.2) is 53.2 Å². The highest BCUT2D eigenvalue weighted by Gasteiger charge is 2.26. The van der Waals surface area contributed by atoms with Crippen molar-refractivity contribution in [1.29, 1.82) is 0 Å². The van der Waals surface area contributed by atoms with Crippen molar-refractivity contribution in [1.82, 2.24) is 10.2 Å². The van der Waals surface area contributed by atoms with Gasteiger partial charge in [-0.25, -0.2) is 14.4 Å². The first kappa shape index (κ1) is 26.6. The zero-order chi connectivity index (χ0) is 25.1. The Morgan fingerprint density at radius 1 is 1.06 bits per heavy atom. The average molecular weight is 468 g/mol. The Kier molecular flexibility index (Phi) is 10.3. The van der Waals surface area contributed by atoms with Crippen molar-refractivity contribution in [3.8, 4) is 0 Å². The van der Waals surface area contributed by atoms with Crippen LogP contribution in [0, 0.1) is 6.92 Å². The zero-order valence-electron chi connectivity index (χ0n) is 19.9. The molecule has 182 valence electrons. The molecule has 0 spiro atoms. The van der Waals surface area contributed by atoms with Gasteiger partial charge in [0.2, 0.25) is 0 Å². The number of amides is 2. The molecule has 2 amide bonds. The number of carboxylic acid groups (broad SMARTS) is 2. The Hall–Kier alpha value is -3.65. The number of carbonyl (C=O) groups is 3. The van der Waals surface area contributed by atoms with Gasteiger partial charge in [-0.3, -0.25) is 0 Å². The van der Waals surface area contributed by atoms with Crippen LogP contribution in [0.5, 0.6) is 0 Å². The Bertz CT molecular complexity index is 1000. The molecule has 2 aromatic carbocycles. The molecule has 0 fully saturated rings. The van der Waals surface area contributed by atoms with Gasteiger partial charge in [0, 0.05) is 43.4 Å². The molecule has 2 aromatic rings. The Balaban J connectivity index is 0.000000440. The molecule has 0 bridgehead atoms. The third-order valence-electron chi connectivity index (χ3n) is 5.42. The molecule has 0 radical (unpaired) electrons. The largest absolute Gasteiger partial charge is 0.478 e. The topological polar surface area (TPSA) is 119 Å². The minimum atomic E-state index is -1.26. The van der Waals surface area contributed by atoms with Crippen LogP contribution in [0.25, 0.3) is 0 Å². The minimum Gasteiger partial charge on any atom is -0.478 e. The maximum atomic E-state index is 12.2. The standard InChI is InChI=1S/C22H29N3O.C4H4O4/c1-4-5-13-23-22(26)24-21-8-6-7-18-19(14-25(3)15-20(18)21)17-11-9-16(2)10-12-17;5-3(6)1-2-4(7)8/h6-12,19H,4-5,13-15H2,1-3H3,(H2,23,24,26);1-2H,(H,5,6)(H,7,8)/b;2-1-. The van der Waals surface area contributed by atoms with Gasteiger partial charge >= 0.3 is 18.0 Å². The third-order valence-corrected chi connectivity index (χ3v) is 5.42. The molecule has 1 heterocycles. The van der Waals surface area contributed by atoms with Gasteiger partial charge in [0.05, 0.1) is 0 Å². The summed E-state index contributed by atoms with van der Waals surface area (Å²) >= 11 is 0. The zero-order valence-corrected chi connectivity index (χ0v) is 19.9. The molecule has 4 N–H and O–H groups in total. The number of rotatable bonds is 7. The van der Waals surface area contributed by atoms with E-state index in [1.54, 1.807) is 0 Å². The van der Waals surface area contributed by atoms with E-state index in [0.717, 1.165) is 31.6 Å². The lowest BCUT2D eigenvalue weighted by Crippen LogP contribution is -2.34. The maximum absolute atomic E-state index is 12.2. The van der Waals surface area contributed by atoms with Crippen LogP contribution in [0.4, 0.5) is 10.5 Å². The number of anilines is 1. The number of aliphatic carboxylic acids is 2.